The molecular weight excluding hydrogens is 315 g/mol. The molecule has 1 aliphatic carbocycles. The van der Waals surface area contributed by atoms with Crippen molar-refractivity contribution < 1.29 is 0 Å². The van der Waals surface area contributed by atoms with Crippen LogP contribution in [0.3, 0.4) is 0 Å². The number of alkyl halides is 2. The molecule has 4 nitrogen and oxygen atoms in total. The van der Waals surface area contributed by atoms with Crippen LogP contribution in [-0.2, 0) is 7.05 Å². The Bertz CT molecular complexity index is 629. The predicted octanol–water partition coefficient (Wildman–Crippen LogP) is 3.55. The zero-order valence-electron chi connectivity index (χ0n) is 11.2. The number of thioether (sulfide) groups is 1. The lowest BCUT2D eigenvalue weighted by Crippen LogP contribution is -2.08. The van der Waals surface area contributed by atoms with Crippen LogP contribution in [-0.4, -0.2) is 29.8 Å². The molecule has 1 fully saturated rings. The minimum Gasteiger partial charge on any atom is -0.305 e. The van der Waals surface area contributed by atoms with E-state index in [1.807, 2.05) is 23.7 Å². The van der Waals surface area contributed by atoms with Gasteiger partial charge in [0.1, 0.15) is 4.33 Å². The Morgan fingerprint density at radius 1 is 1.40 bits per heavy atom. The van der Waals surface area contributed by atoms with Gasteiger partial charge in [-0.1, -0.05) is 18.7 Å². The van der Waals surface area contributed by atoms with E-state index in [4.69, 9.17) is 23.2 Å². The largest absolute Gasteiger partial charge is 0.305 e. The van der Waals surface area contributed by atoms with Crippen LogP contribution in [0.5, 0.6) is 0 Å². The molecule has 0 aromatic carbocycles. The summed E-state index contributed by atoms with van der Waals surface area (Å²) in [4.78, 5) is 4.10. The van der Waals surface area contributed by atoms with E-state index in [2.05, 4.69) is 22.1 Å². The number of hydrogen-bond acceptors (Lipinski definition) is 4. The lowest BCUT2D eigenvalue weighted by Gasteiger charge is -2.10. The number of halogens is 2. The molecule has 0 amide bonds. The normalized spacial score (nSPS) is 23.8. The average Bonchev–Trinajstić information content (AvgIpc) is 2.75. The maximum atomic E-state index is 6.16. The fraction of sp³-hybridized carbons (Fsp3) is 0.462. The minimum absolute atomic E-state index is 0.0405. The third kappa shape index (κ3) is 2.43. The first-order chi connectivity index (χ1) is 9.43. The zero-order chi connectivity index (χ0) is 14.4. The van der Waals surface area contributed by atoms with Crippen LogP contribution >= 0.6 is 35.0 Å². The van der Waals surface area contributed by atoms with E-state index in [-0.39, 0.29) is 5.41 Å². The molecular formula is C13H14Cl2N4S. The van der Waals surface area contributed by atoms with Gasteiger partial charge < -0.3 is 4.57 Å². The highest BCUT2D eigenvalue weighted by Crippen LogP contribution is 2.65. The fourth-order valence-corrected chi connectivity index (χ4v) is 4.07. The summed E-state index contributed by atoms with van der Waals surface area (Å²) in [5.41, 5.74) is 0.914. The Kier molecular flexibility index (Phi) is 3.47. The Balaban J connectivity index is 1.75. The van der Waals surface area contributed by atoms with E-state index >= 15 is 0 Å². The molecule has 1 saturated carbocycles. The number of aromatic nitrogens is 4. The van der Waals surface area contributed by atoms with Crippen molar-refractivity contribution in [3.63, 3.8) is 0 Å². The van der Waals surface area contributed by atoms with Gasteiger partial charge in [-0.05, 0) is 18.6 Å². The summed E-state index contributed by atoms with van der Waals surface area (Å²) >= 11 is 13.9. The van der Waals surface area contributed by atoms with E-state index in [0.29, 0.717) is 0 Å². The maximum absolute atomic E-state index is 6.16. The van der Waals surface area contributed by atoms with Crippen LogP contribution in [0.1, 0.15) is 13.3 Å². The molecule has 2 aromatic rings. The summed E-state index contributed by atoms with van der Waals surface area (Å²) in [7, 11) is 1.95. The Morgan fingerprint density at radius 3 is 2.75 bits per heavy atom. The highest BCUT2D eigenvalue weighted by molar-refractivity contribution is 7.99. The van der Waals surface area contributed by atoms with Gasteiger partial charge in [-0.15, -0.1) is 33.4 Å². The number of rotatable bonds is 4. The minimum atomic E-state index is -0.592. The van der Waals surface area contributed by atoms with Crippen molar-refractivity contribution in [3.8, 4) is 11.4 Å². The third-order valence-electron chi connectivity index (χ3n) is 3.64. The van der Waals surface area contributed by atoms with E-state index in [1.165, 1.54) is 0 Å². The molecule has 2 heterocycles. The van der Waals surface area contributed by atoms with E-state index in [0.717, 1.165) is 28.7 Å². The predicted molar refractivity (Wildman–Crippen MR) is 82.1 cm³/mol. The second-order valence-corrected chi connectivity index (χ2v) is 7.76. The molecule has 2 aromatic heterocycles. The van der Waals surface area contributed by atoms with Crippen LogP contribution in [0.15, 0.2) is 29.7 Å². The molecule has 20 heavy (non-hydrogen) atoms. The molecule has 106 valence electrons. The summed E-state index contributed by atoms with van der Waals surface area (Å²) in [6, 6.07) is 3.85. The molecule has 0 spiro atoms. The SMILES string of the molecule is Cn1c(SCC2(C)CC2(Cl)Cl)nnc1-c1cccnc1. The van der Waals surface area contributed by atoms with Crippen LogP contribution in [0, 0.1) is 5.41 Å². The van der Waals surface area contributed by atoms with Crippen molar-refractivity contribution in [2.45, 2.75) is 22.8 Å². The summed E-state index contributed by atoms with van der Waals surface area (Å²) in [6.07, 6.45) is 4.34. The number of hydrogen-bond donors (Lipinski definition) is 0. The fourth-order valence-electron chi connectivity index (χ4n) is 2.01. The highest BCUT2D eigenvalue weighted by atomic mass is 35.5. The summed E-state index contributed by atoms with van der Waals surface area (Å²) < 4.78 is 1.38. The van der Waals surface area contributed by atoms with Crippen molar-refractivity contribution in [2.24, 2.45) is 12.5 Å². The first-order valence-electron chi connectivity index (χ1n) is 6.23. The maximum Gasteiger partial charge on any atom is 0.191 e. The van der Waals surface area contributed by atoms with Gasteiger partial charge in [-0.2, -0.15) is 0 Å². The van der Waals surface area contributed by atoms with Gasteiger partial charge in [0.15, 0.2) is 11.0 Å². The lowest BCUT2D eigenvalue weighted by atomic mass is 10.2. The summed E-state index contributed by atoms with van der Waals surface area (Å²) in [5, 5.41) is 9.32. The first-order valence-corrected chi connectivity index (χ1v) is 7.98. The van der Waals surface area contributed by atoms with Crippen molar-refractivity contribution in [1.29, 1.82) is 0 Å². The topological polar surface area (TPSA) is 43.6 Å². The molecule has 0 saturated heterocycles. The number of nitrogens with zero attached hydrogens (tertiary/aromatic N) is 4. The van der Waals surface area contributed by atoms with Gasteiger partial charge in [-0.25, -0.2) is 0 Å². The van der Waals surface area contributed by atoms with Crippen LogP contribution in [0.25, 0.3) is 11.4 Å². The highest BCUT2D eigenvalue weighted by Gasteiger charge is 2.62. The second-order valence-electron chi connectivity index (χ2n) is 5.34. The van der Waals surface area contributed by atoms with Crippen LogP contribution in [0.4, 0.5) is 0 Å². The van der Waals surface area contributed by atoms with Crippen molar-refractivity contribution in [3.05, 3.63) is 24.5 Å². The molecule has 0 bridgehead atoms. The summed E-state index contributed by atoms with van der Waals surface area (Å²) in [5.74, 6) is 1.64. The molecule has 0 N–H and O–H groups in total. The third-order valence-corrected chi connectivity index (χ3v) is 6.22. The van der Waals surface area contributed by atoms with Gasteiger partial charge in [0.25, 0.3) is 0 Å². The molecule has 7 heteroatoms. The lowest BCUT2D eigenvalue weighted by molar-refractivity contribution is 0.651. The standard InChI is InChI=1S/C13H14Cl2N4S/c1-12(7-13(12,14)15)8-20-11-18-17-10(19(11)2)9-4-3-5-16-6-9/h3-6H,7-8H2,1-2H3. The molecule has 1 unspecified atom stereocenters. The van der Waals surface area contributed by atoms with Crippen molar-refractivity contribution >= 4 is 35.0 Å². The van der Waals surface area contributed by atoms with E-state index in [9.17, 15) is 0 Å². The zero-order valence-corrected chi connectivity index (χ0v) is 13.5. The Labute approximate surface area is 131 Å². The average molecular weight is 329 g/mol. The molecule has 0 aliphatic heterocycles. The first kappa shape index (κ1) is 14.2. The van der Waals surface area contributed by atoms with E-state index in [1.54, 1.807) is 24.2 Å². The van der Waals surface area contributed by atoms with Crippen LogP contribution in [0.2, 0.25) is 0 Å². The second kappa shape index (κ2) is 4.90. The van der Waals surface area contributed by atoms with E-state index < -0.39 is 4.33 Å². The smallest absolute Gasteiger partial charge is 0.191 e. The van der Waals surface area contributed by atoms with Crippen molar-refractivity contribution in [2.75, 3.05) is 5.75 Å². The quantitative estimate of drug-likeness (QED) is 0.635. The molecule has 3 rings (SSSR count). The molecule has 0 radical (unpaired) electrons. The van der Waals surface area contributed by atoms with Gasteiger partial charge >= 0.3 is 0 Å². The molecule has 1 aliphatic rings. The van der Waals surface area contributed by atoms with Crippen LogP contribution < -0.4 is 0 Å². The molecule has 1 atom stereocenters. The Morgan fingerprint density at radius 2 is 2.15 bits per heavy atom. The number of pyridine rings is 1. The van der Waals surface area contributed by atoms with Gasteiger partial charge in [0.2, 0.25) is 0 Å². The summed E-state index contributed by atoms with van der Waals surface area (Å²) in [6.45, 7) is 2.10. The van der Waals surface area contributed by atoms with Crippen molar-refractivity contribution in [1.82, 2.24) is 19.7 Å². The monoisotopic (exact) mass is 328 g/mol. The Hall–Kier alpha value is -0.780. The van der Waals surface area contributed by atoms with Gasteiger partial charge in [0, 0.05) is 36.2 Å². The van der Waals surface area contributed by atoms with Gasteiger partial charge in [0.05, 0.1) is 0 Å². The van der Waals surface area contributed by atoms with Gasteiger partial charge in [-0.3, -0.25) is 4.98 Å².